The Bertz CT molecular complexity index is 1180. The molecule has 0 saturated carbocycles. The maximum atomic E-state index is 12.9. The molecule has 6 nitrogen and oxygen atoms in total. The molecule has 7 heteroatoms. The molecule has 1 aliphatic rings. The normalized spacial score (nSPS) is 14.1. The highest BCUT2D eigenvalue weighted by molar-refractivity contribution is 6.30. The number of hydrogen-bond acceptors (Lipinski definition) is 3. The topological polar surface area (TPSA) is 75.6 Å². The number of halogens is 1. The Morgan fingerprint density at radius 2 is 2.00 bits per heavy atom. The van der Waals surface area contributed by atoms with Crippen LogP contribution in [0.15, 0.2) is 54.7 Å². The number of H-pyrrole nitrogens is 1. The van der Waals surface area contributed by atoms with E-state index in [0.29, 0.717) is 17.0 Å². The van der Waals surface area contributed by atoms with E-state index in [1.807, 2.05) is 18.3 Å². The van der Waals surface area contributed by atoms with E-state index in [0.717, 1.165) is 47.5 Å². The van der Waals surface area contributed by atoms with Crippen molar-refractivity contribution in [3.05, 3.63) is 82.5 Å². The molecule has 0 radical (unpaired) electrons. The maximum Gasteiger partial charge on any atom is 0.251 e. The second-order valence-corrected chi connectivity index (χ2v) is 7.76. The number of fused-ring (bicyclic) bond motifs is 2. The van der Waals surface area contributed by atoms with E-state index in [1.54, 1.807) is 24.3 Å². The Balaban J connectivity index is 1.49. The highest BCUT2D eigenvalue weighted by atomic mass is 35.5. The summed E-state index contributed by atoms with van der Waals surface area (Å²) in [5, 5.41) is 13.7. The lowest BCUT2D eigenvalue weighted by Gasteiger charge is -2.18. The van der Waals surface area contributed by atoms with Gasteiger partial charge in [0.1, 0.15) is 5.82 Å². The van der Waals surface area contributed by atoms with Crippen molar-refractivity contribution in [2.24, 2.45) is 0 Å². The number of nitrogens with one attached hydrogen (secondary N) is 2. The molecule has 0 fully saturated rings. The van der Waals surface area contributed by atoms with Crippen LogP contribution < -0.4 is 5.32 Å². The molecule has 0 aliphatic carbocycles. The Kier molecular flexibility index (Phi) is 4.56. The summed E-state index contributed by atoms with van der Waals surface area (Å²) in [6.07, 6.45) is 4.62. The SMILES string of the molecule is O=C(NC(Cc1c[nH]c2ccccc12)c1nnc2n1CCC2)c1ccc(Cl)cc1. The van der Waals surface area contributed by atoms with E-state index < -0.39 is 0 Å². The quantitative estimate of drug-likeness (QED) is 0.525. The van der Waals surface area contributed by atoms with Gasteiger partial charge in [0.25, 0.3) is 5.91 Å². The van der Waals surface area contributed by atoms with Gasteiger partial charge in [-0.3, -0.25) is 4.79 Å². The molecule has 3 heterocycles. The van der Waals surface area contributed by atoms with E-state index >= 15 is 0 Å². The van der Waals surface area contributed by atoms with Crippen molar-refractivity contribution in [2.75, 3.05) is 0 Å². The van der Waals surface area contributed by atoms with Crippen molar-refractivity contribution in [3.63, 3.8) is 0 Å². The Hall–Kier alpha value is -3.12. The van der Waals surface area contributed by atoms with Crippen molar-refractivity contribution >= 4 is 28.4 Å². The predicted octanol–water partition coefficient (Wildman–Crippen LogP) is 4.07. The molecule has 1 amide bonds. The van der Waals surface area contributed by atoms with Crippen LogP contribution in [0.2, 0.25) is 5.02 Å². The van der Waals surface area contributed by atoms with Gasteiger partial charge < -0.3 is 14.9 Å². The summed E-state index contributed by atoms with van der Waals surface area (Å²) in [6.45, 7) is 0.888. The number of rotatable bonds is 5. The van der Waals surface area contributed by atoms with E-state index in [1.165, 1.54) is 0 Å². The molecule has 146 valence electrons. The first-order chi connectivity index (χ1) is 14.2. The van der Waals surface area contributed by atoms with Crippen molar-refractivity contribution in [2.45, 2.75) is 31.8 Å². The number of para-hydroxylation sites is 1. The largest absolute Gasteiger partial charge is 0.361 e. The fourth-order valence-corrected chi connectivity index (χ4v) is 4.13. The molecule has 0 spiro atoms. The number of benzene rings is 2. The first kappa shape index (κ1) is 17.9. The number of aryl methyl sites for hydroxylation is 1. The van der Waals surface area contributed by atoms with Crippen LogP contribution in [0.4, 0.5) is 0 Å². The van der Waals surface area contributed by atoms with Gasteiger partial charge in [-0.05, 0) is 42.3 Å². The highest BCUT2D eigenvalue weighted by Crippen LogP contribution is 2.26. The number of amides is 1. The molecule has 5 rings (SSSR count). The molecule has 2 aromatic heterocycles. The van der Waals surface area contributed by atoms with Crippen molar-refractivity contribution < 1.29 is 4.79 Å². The predicted molar refractivity (Wildman–Crippen MR) is 112 cm³/mol. The Morgan fingerprint density at radius 1 is 1.17 bits per heavy atom. The van der Waals surface area contributed by atoms with Crippen LogP contribution in [-0.2, 0) is 19.4 Å². The number of aromatic nitrogens is 4. The summed E-state index contributed by atoms with van der Waals surface area (Å²) in [4.78, 5) is 16.2. The molecule has 1 atom stereocenters. The van der Waals surface area contributed by atoms with E-state index in [-0.39, 0.29) is 11.9 Å². The van der Waals surface area contributed by atoms with Gasteiger partial charge in [0.2, 0.25) is 0 Å². The summed E-state index contributed by atoms with van der Waals surface area (Å²) in [5.74, 6) is 1.65. The Labute approximate surface area is 172 Å². The molecular formula is C22H20ClN5O. The minimum atomic E-state index is -0.281. The number of aromatic amines is 1. The summed E-state index contributed by atoms with van der Waals surface area (Å²) < 4.78 is 2.14. The van der Waals surface area contributed by atoms with Gasteiger partial charge in [-0.25, -0.2) is 0 Å². The second kappa shape index (κ2) is 7.37. The zero-order valence-corrected chi connectivity index (χ0v) is 16.5. The zero-order valence-electron chi connectivity index (χ0n) is 15.7. The average molecular weight is 406 g/mol. The van der Waals surface area contributed by atoms with Crippen molar-refractivity contribution in [1.29, 1.82) is 0 Å². The Morgan fingerprint density at radius 3 is 2.86 bits per heavy atom. The first-order valence-electron chi connectivity index (χ1n) is 9.72. The van der Waals surface area contributed by atoms with Gasteiger partial charge >= 0.3 is 0 Å². The molecule has 1 unspecified atom stereocenters. The van der Waals surface area contributed by atoms with Crippen LogP contribution in [0.1, 0.15) is 40.0 Å². The van der Waals surface area contributed by atoms with Crippen molar-refractivity contribution in [3.8, 4) is 0 Å². The fraction of sp³-hybridized carbons (Fsp3) is 0.227. The lowest BCUT2D eigenvalue weighted by atomic mass is 10.0. The summed E-state index contributed by atoms with van der Waals surface area (Å²) in [5.41, 5.74) is 2.79. The van der Waals surface area contributed by atoms with Crippen LogP contribution >= 0.6 is 11.6 Å². The smallest absolute Gasteiger partial charge is 0.251 e. The standard InChI is InChI=1S/C22H20ClN5O/c23-16-9-7-14(8-10-16)22(29)25-19(21-27-26-20-6-3-11-28(20)21)12-15-13-24-18-5-2-1-4-17(15)18/h1-2,4-5,7-10,13,19,24H,3,6,11-12H2,(H,25,29). The van der Waals surface area contributed by atoms with Gasteiger partial charge in [0.15, 0.2) is 5.82 Å². The molecule has 2 N–H and O–H groups in total. The van der Waals surface area contributed by atoms with Crippen LogP contribution in [0, 0.1) is 0 Å². The summed E-state index contributed by atoms with van der Waals surface area (Å²) in [7, 11) is 0. The number of carbonyl (C=O) groups is 1. The minimum absolute atomic E-state index is 0.151. The molecule has 29 heavy (non-hydrogen) atoms. The first-order valence-corrected chi connectivity index (χ1v) is 10.1. The number of nitrogens with zero attached hydrogens (tertiary/aromatic N) is 3. The highest BCUT2D eigenvalue weighted by Gasteiger charge is 2.26. The molecule has 0 bridgehead atoms. The fourth-order valence-electron chi connectivity index (χ4n) is 4.00. The van der Waals surface area contributed by atoms with Gasteiger partial charge in [-0.1, -0.05) is 29.8 Å². The third-order valence-corrected chi connectivity index (χ3v) is 5.71. The molecule has 4 aromatic rings. The van der Waals surface area contributed by atoms with Crippen LogP contribution in [-0.4, -0.2) is 25.7 Å². The average Bonchev–Trinajstić information content (AvgIpc) is 3.44. The maximum absolute atomic E-state index is 12.9. The zero-order chi connectivity index (χ0) is 19.8. The van der Waals surface area contributed by atoms with Crippen LogP contribution in [0.3, 0.4) is 0 Å². The van der Waals surface area contributed by atoms with Gasteiger partial charge in [0, 0.05) is 47.1 Å². The van der Waals surface area contributed by atoms with Crippen LogP contribution in [0.5, 0.6) is 0 Å². The van der Waals surface area contributed by atoms with E-state index in [4.69, 9.17) is 11.6 Å². The second-order valence-electron chi connectivity index (χ2n) is 7.33. The number of carbonyl (C=O) groups excluding carboxylic acids is 1. The van der Waals surface area contributed by atoms with Gasteiger partial charge in [0.05, 0.1) is 6.04 Å². The van der Waals surface area contributed by atoms with E-state index in [2.05, 4.69) is 37.2 Å². The minimum Gasteiger partial charge on any atom is -0.361 e. The monoisotopic (exact) mass is 405 g/mol. The van der Waals surface area contributed by atoms with Gasteiger partial charge in [-0.15, -0.1) is 10.2 Å². The lowest BCUT2D eigenvalue weighted by molar-refractivity contribution is 0.0934. The lowest BCUT2D eigenvalue weighted by Crippen LogP contribution is -2.32. The molecule has 1 aliphatic heterocycles. The van der Waals surface area contributed by atoms with E-state index in [9.17, 15) is 4.79 Å². The molecular weight excluding hydrogens is 386 g/mol. The molecule has 2 aromatic carbocycles. The van der Waals surface area contributed by atoms with Gasteiger partial charge in [-0.2, -0.15) is 0 Å². The molecule has 0 saturated heterocycles. The summed E-state index contributed by atoms with van der Waals surface area (Å²) in [6, 6.07) is 14.8. The van der Waals surface area contributed by atoms with Crippen LogP contribution in [0.25, 0.3) is 10.9 Å². The third-order valence-electron chi connectivity index (χ3n) is 5.46. The van der Waals surface area contributed by atoms with Crippen molar-refractivity contribution in [1.82, 2.24) is 25.1 Å². The summed E-state index contributed by atoms with van der Waals surface area (Å²) >= 11 is 5.96. The third kappa shape index (κ3) is 3.40. The number of hydrogen-bond donors (Lipinski definition) is 2.